The van der Waals surface area contributed by atoms with Crippen LogP contribution in [0.25, 0.3) is 77.5 Å². The average Bonchev–Trinajstić information content (AvgIpc) is 3.71. The normalized spacial score (nSPS) is 11.2. The molecule has 9 rings (SSSR count). The van der Waals surface area contributed by atoms with Crippen LogP contribution in [0.15, 0.2) is 136 Å². The fourth-order valence-electron chi connectivity index (χ4n) is 6.66. The molecule has 0 atom stereocenters. The van der Waals surface area contributed by atoms with E-state index in [2.05, 4.69) is 86.2 Å². The van der Waals surface area contributed by atoms with Crippen molar-refractivity contribution < 1.29 is 28.9 Å². The number of aryl methyl sites for hydroxylation is 2. The molecule has 4 nitrogen and oxygen atoms in total. The average molecular weight is 827 g/mol. The number of hydrogen-bond acceptors (Lipinski definition) is 4. The van der Waals surface area contributed by atoms with E-state index in [-0.39, 0.29) is 26.0 Å². The van der Waals surface area contributed by atoms with Gasteiger partial charge in [0.2, 0.25) is 0 Å². The maximum atomic E-state index is 6.59. The predicted molar refractivity (Wildman–Crippen MR) is 201 cm³/mol. The van der Waals surface area contributed by atoms with Gasteiger partial charge in [0.25, 0.3) is 0 Å². The van der Waals surface area contributed by atoms with Crippen LogP contribution in [-0.4, -0.2) is 9.97 Å². The number of fused-ring (bicyclic) bond motifs is 6. The number of para-hydroxylation sites is 2. The van der Waals surface area contributed by atoms with Gasteiger partial charge in [-0.3, -0.25) is 0 Å². The van der Waals surface area contributed by atoms with Crippen molar-refractivity contribution in [3.63, 3.8) is 0 Å². The SMILES string of the molecule is CC(C)c1c2c(oc3ccccc32)c(-c2ccnc(-c3[c-]cccc3)c2)c2oc3ccccc3c12.Cc1cnc(-c2[c-]cccc2)cc1C.[Ir]. The summed E-state index contributed by atoms with van der Waals surface area (Å²) in [6, 6.07) is 45.1. The first kappa shape index (κ1) is 33.2. The molecule has 0 saturated carbocycles. The molecule has 5 aromatic carbocycles. The Labute approximate surface area is 305 Å². The van der Waals surface area contributed by atoms with Crippen LogP contribution in [0.2, 0.25) is 0 Å². The van der Waals surface area contributed by atoms with E-state index in [4.69, 9.17) is 8.83 Å². The Balaban J connectivity index is 0.000000220. The molecule has 247 valence electrons. The summed E-state index contributed by atoms with van der Waals surface area (Å²) in [5, 5.41) is 4.58. The van der Waals surface area contributed by atoms with Gasteiger partial charge in [-0.2, -0.15) is 0 Å². The van der Waals surface area contributed by atoms with Gasteiger partial charge in [0.1, 0.15) is 22.3 Å². The molecule has 0 fully saturated rings. The van der Waals surface area contributed by atoms with E-state index in [1.54, 1.807) is 0 Å². The number of benzene rings is 5. The summed E-state index contributed by atoms with van der Waals surface area (Å²) >= 11 is 0. The second kappa shape index (κ2) is 13.9. The smallest absolute Gasteiger partial charge is 0.147 e. The van der Waals surface area contributed by atoms with Crippen molar-refractivity contribution in [2.75, 3.05) is 0 Å². The van der Waals surface area contributed by atoms with Gasteiger partial charge in [0.15, 0.2) is 0 Å². The fourth-order valence-corrected chi connectivity index (χ4v) is 6.66. The molecule has 0 aliphatic carbocycles. The van der Waals surface area contributed by atoms with Crippen molar-refractivity contribution in [3.8, 4) is 33.6 Å². The minimum absolute atomic E-state index is 0. The first-order chi connectivity index (χ1) is 24.0. The predicted octanol–water partition coefficient (Wildman–Crippen LogP) is 12.3. The van der Waals surface area contributed by atoms with E-state index < -0.39 is 0 Å². The number of furan rings is 2. The van der Waals surface area contributed by atoms with Gasteiger partial charge < -0.3 is 18.8 Å². The maximum Gasteiger partial charge on any atom is 0.147 e. The van der Waals surface area contributed by atoms with E-state index in [0.717, 1.165) is 77.5 Å². The first-order valence-electron chi connectivity index (χ1n) is 16.6. The second-order valence-electron chi connectivity index (χ2n) is 12.7. The van der Waals surface area contributed by atoms with Gasteiger partial charge in [0, 0.05) is 54.0 Å². The van der Waals surface area contributed by atoms with Crippen molar-refractivity contribution in [1.82, 2.24) is 9.97 Å². The molecule has 0 saturated heterocycles. The summed E-state index contributed by atoms with van der Waals surface area (Å²) in [5.74, 6) is 0.281. The van der Waals surface area contributed by atoms with Crippen LogP contribution >= 0.6 is 0 Å². The number of hydrogen-bond donors (Lipinski definition) is 0. The van der Waals surface area contributed by atoms with Crippen molar-refractivity contribution >= 4 is 43.9 Å². The van der Waals surface area contributed by atoms with Crippen molar-refractivity contribution in [2.24, 2.45) is 0 Å². The second-order valence-corrected chi connectivity index (χ2v) is 12.7. The molecule has 9 aromatic rings. The molecular formula is C45H34IrN2O2-2. The Hall–Kier alpha value is -5.35. The van der Waals surface area contributed by atoms with Crippen LogP contribution in [0.3, 0.4) is 0 Å². The minimum Gasteiger partial charge on any atom is -0.455 e. The summed E-state index contributed by atoms with van der Waals surface area (Å²) in [6.07, 6.45) is 3.76. The maximum absolute atomic E-state index is 6.59. The monoisotopic (exact) mass is 827 g/mol. The standard InChI is InChI=1S/C32H22NO2.C13H12N.Ir/c1-19(2)27-29-22-12-6-8-14-25(22)34-31(29)28(32-30(27)23-13-7-9-15-26(23)35-32)21-16-17-33-24(18-21)20-10-4-3-5-11-20;1-10-8-13(14-9-11(10)2)12-6-4-3-5-7-12;/h3-10,12-19H,1-2H3;3-6,8-9H,1-2H3;/q2*-1;. The van der Waals surface area contributed by atoms with Gasteiger partial charge in [-0.15, -0.1) is 71.8 Å². The molecule has 1 radical (unpaired) electrons. The van der Waals surface area contributed by atoms with Gasteiger partial charge >= 0.3 is 0 Å². The zero-order valence-corrected chi connectivity index (χ0v) is 30.6. The van der Waals surface area contributed by atoms with E-state index >= 15 is 0 Å². The first-order valence-corrected chi connectivity index (χ1v) is 16.6. The van der Waals surface area contributed by atoms with Crippen LogP contribution in [0, 0.1) is 26.0 Å². The Morgan fingerprint density at radius 1 is 0.600 bits per heavy atom. The van der Waals surface area contributed by atoms with E-state index in [0.29, 0.717) is 0 Å². The number of aromatic nitrogens is 2. The van der Waals surface area contributed by atoms with Crippen molar-refractivity contribution in [2.45, 2.75) is 33.6 Å². The zero-order chi connectivity index (χ0) is 33.5. The van der Waals surface area contributed by atoms with Gasteiger partial charge in [0.05, 0.1) is 5.56 Å². The molecule has 50 heavy (non-hydrogen) atoms. The molecule has 5 heteroatoms. The Bertz CT molecular complexity index is 2510. The molecule has 4 heterocycles. The summed E-state index contributed by atoms with van der Waals surface area (Å²) < 4.78 is 13.2. The molecule has 0 bridgehead atoms. The van der Waals surface area contributed by atoms with Gasteiger partial charge in [-0.1, -0.05) is 67.9 Å². The number of rotatable bonds is 4. The molecule has 0 amide bonds. The van der Waals surface area contributed by atoms with Gasteiger partial charge in [-0.25, -0.2) is 0 Å². The van der Waals surface area contributed by atoms with E-state index in [1.807, 2.05) is 91.3 Å². The largest absolute Gasteiger partial charge is 0.455 e. The van der Waals surface area contributed by atoms with Crippen molar-refractivity contribution in [1.29, 1.82) is 0 Å². The topological polar surface area (TPSA) is 52.1 Å². The third-order valence-corrected chi connectivity index (χ3v) is 9.15. The molecule has 0 unspecified atom stereocenters. The zero-order valence-electron chi connectivity index (χ0n) is 28.2. The van der Waals surface area contributed by atoms with Crippen LogP contribution in [0.1, 0.15) is 36.5 Å². The number of nitrogens with zero attached hydrogens (tertiary/aromatic N) is 2. The molecule has 4 aromatic heterocycles. The van der Waals surface area contributed by atoms with Crippen molar-refractivity contribution in [3.05, 3.63) is 156 Å². The molecule has 0 spiro atoms. The van der Waals surface area contributed by atoms with E-state index in [9.17, 15) is 0 Å². The fraction of sp³-hybridized carbons (Fsp3) is 0.111. The van der Waals surface area contributed by atoms with Crippen LogP contribution in [0.5, 0.6) is 0 Å². The van der Waals surface area contributed by atoms with Crippen LogP contribution in [0.4, 0.5) is 0 Å². The Kier molecular flexibility index (Phi) is 9.20. The molecule has 0 N–H and O–H groups in total. The molecule has 0 aliphatic rings. The Morgan fingerprint density at radius 3 is 1.66 bits per heavy atom. The minimum atomic E-state index is 0. The number of pyridine rings is 2. The molecular weight excluding hydrogens is 793 g/mol. The summed E-state index contributed by atoms with van der Waals surface area (Å²) in [5.41, 5.74) is 13.1. The van der Waals surface area contributed by atoms with E-state index in [1.165, 1.54) is 16.7 Å². The molecule has 0 aliphatic heterocycles. The van der Waals surface area contributed by atoms with Crippen LogP contribution < -0.4 is 0 Å². The van der Waals surface area contributed by atoms with Gasteiger partial charge in [-0.05, 0) is 66.0 Å². The summed E-state index contributed by atoms with van der Waals surface area (Å²) in [4.78, 5) is 9.01. The summed E-state index contributed by atoms with van der Waals surface area (Å²) in [6.45, 7) is 8.66. The third-order valence-electron chi connectivity index (χ3n) is 9.15. The Morgan fingerprint density at radius 2 is 1.14 bits per heavy atom. The third kappa shape index (κ3) is 5.93. The quantitative estimate of drug-likeness (QED) is 0.166. The van der Waals surface area contributed by atoms with Crippen LogP contribution in [-0.2, 0) is 20.1 Å². The summed E-state index contributed by atoms with van der Waals surface area (Å²) in [7, 11) is 0.